The van der Waals surface area contributed by atoms with Gasteiger partial charge in [-0.05, 0) is 36.4 Å². The summed E-state index contributed by atoms with van der Waals surface area (Å²) in [6.45, 7) is 2.81. The molecular formula is C11H13Cl2O2PS2. The second-order valence-corrected chi connectivity index (χ2v) is 11.9. The maximum atomic E-state index is 6.11. The van der Waals surface area contributed by atoms with Crippen molar-refractivity contribution in [2.75, 3.05) is 12.4 Å². The molecule has 100 valence electrons. The molecule has 0 saturated carbocycles. The van der Waals surface area contributed by atoms with Gasteiger partial charge < -0.3 is 9.26 Å². The summed E-state index contributed by atoms with van der Waals surface area (Å²) in [5, 5.41) is 1.08. The summed E-state index contributed by atoms with van der Waals surface area (Å²) in [5.74, 6) is 1.64. The Morgan fingerprint density at radius 2 is 2.28 bits per heavy atom. The molecule has 0 aliphatic carbocycles. The molecule has 2 nitrogen and oxygen atoms in total. The van der Waals surface area contributed by atoms with Crippen molar-refractivity contribution < 1.29 is 9.26 Å². The molecule has 1 heterocycles. The van der Waals surface area contributed by atoms with E-state index < -0.39 is 5.47 Å². The van der Waals surface area contributed by atoms with Crippen molar-refractivity contribution in [1.29, 1.82) is 0 Å². The third-order valence-electron chi connectivity index (χ3n) is 2.26. The normalized spacial score (nSPS) is 21.4. The van der Waals surface area contributed by atoms with Gasteiger partial charge in [0.1, 0.15) is 5.75 Å². The van der Waals surface area contributed by atoms with Crippen LogP contribution in [0.25, 0.3) is 0 Å². The van der Waals surface area contributed by atoms with Crippen molar-refractivity contribution in [3.63, 3.8) is 0 Å². The molecule has 1 aliphatic heterocycles. The zero-order chi connectivity index (χ0) is 13.2. The van der Waals surface area contributed by atoms with Crippen LogP contribution in [0.1, 0.15) is 13.3 Å². The maximum Gasteiger partial charge on any atom is 0.197 e. The lowest BCUT2D eigenvalue weighted by Gasteiger charge is -2.21. The molecule has 1 aromatic rings. The van der Waals surface area contributed by atoms with Crippen molar-refractivity contribution >= 4 is 51.9 Å². The molecule has 2 rings (SSSR count). The first-order chi connectivity index (χ1) is 8.55. The van der Waals surface area contributed by atoms with E-state index in [1.807, 2.05) is 0 Å². The fourth-order valence-corrected chi connectivity index (χ4v) is 7.31. The van der Waals surface area contributed by atoms with Gasteiger partial charge in [0, 0.05) is 10.8 Å². The van der Waals surface area contributed by atoms with E-state index in [1.165, 1.54) is 0 Å². The molecule has 7 heteroatoms. The molecule has 2 atom stereocenters. The Hall–Kier alpha value is 0.560. The second-order valence-electron chi connectivity index (χ2n) is 3.83. The number of ether oxygens (including phenoxy) is 1. The van der Waals surface area contributed by atoms with Gasteiger partial charge in [0.15, 0.2) is 11.3 Å². The Balaban J connectivity index is 2.15. The van der Waals surface area contributed by atoms with E-state index in [-0.39, 0.29) is 5.85 Å². The molecule has 1 aliphatic rings. The van der Waals surface area contributed by atoms with Crippen LogP contribution in [0.2, 0.25) is 10.0 Å². The Morgan fingerprint density at radius 1 is 1.56 bits per heavy atom. The Labute approximate surface area is 126 Å². The summed E-state index contributed by atoms with van der Waals surface area (Å²) in [6, 6.07) is 5.18. The SMILES string of the molecule is CCCSP(=S)(Oc1ccc(Cl)cc1Cl)C1CO1. The number of halogens is 2. The molecule has 0 amide bonds. The van der Waals surface area contributed by atoms with Crippen LogP contribution in [0.4, 0.5) is 0 Å². The molecule has 0 aromatic heterocycles. The maximum absolute atomic E-state index is 6.11. The lowest BCUT2D eigenvalue weighted by atomic mass is 10.3. The van der Waals surface area contributed by atoms with Crippen LogP contribution in [0, 0.1) is 0 Å². The van der Waals surface area contributed by atoms with Crippen LogP contribution in [0.5, 0.6) is 5.75 Å². The lowest BCUT2D eigenvalue weighted by Crippen LogP contribution is -1.97. The van der Waals surface area contributed by atoms with Crippen molar-refractivity contribution in [1.82, 2.24) is 0 Å². The predicted molar refractivity (Wildman–Crippen MR) is 83.9 cm³/mol. The predicted octanol–water partition coefficient (Wildman–Crippen LogP) is 5.18. The van der Waals surface area contributed by atoms with Crippen LogP contribution < -0.4 is 4.52 Å². The van der Waals surface area contributed by atoms with Crippen molar-refractivity contribution in [2.24, 2.45) is 0 Å². The minimum Gasteiger partial charge on any atom is -0.453 e. The monoisotopic (exact) mass is 342 g/mol. The minimum absolute atomic E-state index is 0.0656. The van der Waals surface area contributed by atoms with E-state index in [4.69, 9.17) is 44.3 Å². The van der Waals surface area contributed by atoms with Crippen LogP contribution in [0.15, 0.2) is 18.2 Å². The summed E-state index contributed by atoms with van der Waals surface area (Å²) in [6.07, 6.45) is 1.06. The first-order valence-corrected chi connectivity index (χ1v) is 10.7. The van der Waals surface area contributed by atoms with Gasteiger partial charge in [0.2, 0.25) is 0 Å². The van der Waals surface area contributed by atoms with E-state index in [0.29, 0.717) is 22.4 Å². The van der Waals surface area contributed by atoms with Crippen LogP contribution >= 0.6 is 40.1 Å². The highest BCUT2D eigenvalue weighted by Crippen LogP contribution is 2.67. The zero-order valence-electron chi connectivity index (χ0n) is 9.77. The summed E-state index contributed by atoms with van der Waals surface area (Å²) >= 11 is 19.3. The Morgan fingerprint density at radius 3 is 2.83 bits per heavy atom. The molecule has 1 aromatic carbocycles. The molecule has 0 N–H and O–H groups in total. The lowest BCUT2D eigenvalue weighted by molar-refractivity contribution is 0.448. The van der Waals surface area contributed by atoms with Crippen LogP contribution in [-0.2, 0) is 16.5 Å². The van der Waals surface area contributed by atoms with Gasteiger partial charge >= 0.3 is 0 Å². The van der Waals surface area contributed by atoms with Gasteiger partial charge in [-0.15, -0.1) is 0 Å². The standard InChI is InChI=1S/C11H13Cl2O2PS2/c1-2-5-18-16(17,11-7-14-11)15-10-4-3-8(12)6-9(10)13/h3-4,6,11H,2,5,7H2,1H3. The molecular weight excluding hydrogens is 330 g/mol. The quantitative estimate of drug-likeness (QED) is 0.524. The van der Waals surface area contributed by atoms with Crippen molar-refractivity contribution in [2.45, 2.75) is 19.2 Å². The Kier molecular flexibility index (Phi) is 5.27. The van der Waals surface area contributed by atoms with Gasteiger partial charge in [0.05, 0.1) is 11.6 Å². The first-order valence-electron chi connectivity index (χ1n) is 5.55. The molecule has 1 fully saturated rings. The highest BCUT2D eigenvalue weighted by atomic mass is 35.5. The van der Waals surface area contributed by atoms with E-state index >= 15 is 0 Å². The molecule has 18 heavy (non-hydrogen) atoms. The molecule has 0 spiro atoms. The Bertz CT molecular complexity index is 480. The number of epoxide rings is 1. The molecule has 0 radical (unpaired) electrons. The smallest absolute Gasteiger partial charge is 0.197 e. The fourth-order valence-electron chi connectivity index (χ4n) is 1.30. The van der Waals surface area contributed by atoms with Gasteiger partial charge in [-0.3, -0.25) is 0 Å². The van der Waals surface area contributed by atoms with Crippen LogP contribution in [0.3, 0.4) is 0 Å². The van der Waals surface area contributed by atoms with Crippen molar-refractivity contribution in [3.05, 3.63) is 28.2 Å². The second kappa shape index (κ2) is 6.34. The van der Waals surface area contributed by atoms with E-state index in [2.05, 4.69) is 6.92 Å². The fraction of sp³-hybridized carbons (Fsp3) is 0.455. The van der Waals surface area contributed by atoms with Crippen molar-refractivity contribution in [3.8, 4) is 5.75 Å². The third kappa shape index (κ3) is 3.78. The minimum atomic E-state index is -2.06. The van der Waals surface area contributed by atoms with E-state index in [9.17, 15) is 0 Å². The summed E-state index contributed by atoms with van der Waals surface area (Å²) in [5.41, 5.74) is -2.06. The van der Waals surface area contributed by atoms with Gasteiger partial charge in [-0.25, -0.2) is 0 Å². The largest absolute Gasteiger partial charge is 0.453 e. The van der Waals surface area contributed by atoms with Crippen LogP contribution in [-0.4, -0.2) is 18.2 Å². The average molecular weight is 343 g/mol. The van der Waals surface area contributed by atoms with E-state index in [1.54, 1.807) is 29.6 Å². The summed E-state index contributed by atoms with van der Waals surface area (Å²) in [4.78, 5) is 0. The molecule has 1 saturated heterocycles. The third-order valence-corrected chi connectivity index (χ3v) is 9.63. The number of rotatable bonds is 6. The van der Waals surface area contributed by atoms with Gasteiger partial charge in [-0.1, -0.05) is 41.5 Å². The average Bonchev–Trinajstić information content (AvgIpc) is 3.15. The first kappa shape index (κ1) is 15.0. The van der Waals surface area contributed by atoms with E-state index in [0.717, 1.165) is 12.2 Å². The number of hydrogen-bond acceptors (Lipinski definition) is 4. The molecule has 2 unspecified atom stereocenters. The molecule has 0 bridgehead atoms. The highest BCUT2D eigenvalue weighted by molar-refractivity contribution is 8.69. The summed E-state index contributed by atoms with van der Waals surface area (Å²) in [7, 11) is 0. The highest BCUT2D eigenvalue weighted by Gasteiger charge is 2.42. The number of benzene rings is 1. The van der Waals surface area contributed by atoms with Gasteiger partial charge in [-0.2, -0.15) is 0 Å². The topological polar surface area (TPSA) is 21.8 Å². The van der Waals surface area contributed by atoms with Gasteiger partial charge in [0.25, 0.3) is 0 Å². The summed E-state index contributed by atoms with van der Waals surface area (Å²) < 4.78 is 11.3. The number of hydrogen-bond donors (Lipinski definition) is 0. The zero-order valence-corrected chi connectivity index (χ0v) is 13.8.